The van der Waals surface area contributed by atoms with Gasteiger partial charge in [-0.3, -0.25) is 0 Å². The van der Waals surface area contributed by atoms with E-state index in [-0.39, 0.29) is 29.3 Å². The second-order valence-electron chi connectivity index (χ2n) is 10.5. The molecule has 0 unspecified atom stereocenters. The number of aromatic carboxylic acids is 2. The van der Waals surface area contributed by atoms with Crippen molar-refractivity contribution in [2.24, 2.45) is 5.92 Å². The number of nitrogens with zero attached hydrogens (tertiary/aromatic N) is 2. The van der Waals surface area contributed by atoms with Crippen LogP contribution in [0.25, 0.3) is 0 Å². The van der Waals surface area contributed by atoms with Crippen molar-refractivity contribution in [3.05, 3.63) is 23.3 Å². The van der Waals surface area contributed by atoms with E-state index in [9.17, 15) is 24.6 Å². The molecule has 1 saturated carbocycles. The van der Waals surface area contributed by atoms with E-state index in [1.807, 2.05) is 20.8 Å². The van der Waals surface area contributed by atoms with Crippen LogP contribution in [0.1, 0.15) is 74.1 Å². The van der Waals surface area contributed by atoms with Crippen LogP contribution in [0, 0.1) is 5.92 Å². The SMILES string of the molecule is CCN(CC1CCN(C(=O)OC(C)(C)C)CC1)[C@H]1C[C@H](Oc2cc(OC)c(C(=O)O)c(C(=O)O)c2)C1. The van der Waals surface area contributed by atoms with Crippen LogP contribution in [0.5, 0.6) is 11.5 Å². The third kappa shape index (κ3) is 6.81. The van der Waals surface area contributed by atoms with Crippen LogP contribution >= 0.6 is 0 Å². The second-order valence-corrected chi connectivity index (χ2v) is 10.5. The lowest BCUT2D eigenvalue weighted by molar-refractivity contribution is 0.000249. The molecular formula is C26H38N2O8. The first kappa shape index (κ1) is 27.6. The van der Waals surface area contributed by atoms with Crippen LogP contribution in [0.4, 0.5) is 4.79 Å². The summed E-state index contributed by atoms with van der Waals surface area (Å²) in [6.45, 7) is 11.0. The van der Waals surface area contributed by atoms with Gasteiger partial charge >= 0.3 is 18.0 Å². The third-order valence-electron chi connectivity index (χ3n) is 6.79. The number of rotatable bonds is 9. The Morgan fingerprint density at radius 2 is 1.72 bits per heavy atom. The number of amides is 1. The molecule has 200 valence electrons. The Labute approximate surface area is 212 Å². The first-order valence-corrected chi connectivity index (χ1v) is 12.5. The molecule has 1 amide bonds. The van der Waals surface area contributed by atoms with Gasteiger partial charge in [0, 0.05) is 44.6 Å². The summed E-state index contributed by atoms with van der Waals surface area (Å²) in [6.07, 6.45) is 3.16. The number of carboxylic acids is 2. The van der Waals surface area contributed by atoms with Crippen molar-refractivity contribution in [3.8, 4) is 11.5 Å². The Hall–Kier alpha value is -3.01. The zero-order chi connectivity index (χ0) is 26.6. The largest absolute Gasteiger partial charge is 0.496 e. The van der Waals surface area contributed by atoms with Crippen molar-refractivity contribution in [1.29, 1.82) is 0 Å². The quantitative estimate of drug-likeness (QED) is 0.511. The predicted octanol–water partition coefficient (Wildman–Crippen LogP) is 3.97. The molecule has 10 nitrogen and oxygen atoms in total. The van der Waals surface area contributed by atoms with Gasteiger partial charge < -0.3 is 34.2 Å². The van der Waals surface area contributed by atoms with Crippen molar-refractivity contribution in [2.45, 2.75) is 71.1 Å². The van der Waals surface area contributed by atoms with E-state index in [1.165, 1.54) is 19.2 Å². The fraction of sp³-hybridized carbons (Fsp3) is 0.654. The Bertz CT molecular complexity index is 959. The molecule has 1 aliphatic heterocycles. The normalized spacial score (nSPS) is 20.6. The van der Waals surface area contributed by atoms with Crippen LogP contribution in [-0.4, -0.2) is 89.1 Å². The smallest absolute Gasteiger partial charge is 0.410 e. The van der Waals surface area contributed by atoms with Gasteiger partial charge in [-0.15, -0.1) is 0 Å². The maximum Gasteiger partial charge on any atom is 0.410 e. The number of carbonyl (C=O) groups excluding carboxylic acids is 1. The number of carbonyl (C=O) groups is 3. The summed E-state index contributed by atoms with van der Waals surface area (Å²) in [6, 6.07) is 3.04. The van der Waals surface area contributed by atoms with Gasteiger partial charge in [-0.2, -0.15) is 0 Å². The fourth-order valence-corrected chi connectivity index (χ4v) is 4.83. The van der Waals surface area contributed by atoms with Gasteiger partial charge in [-0.05, 0) is 52.1 Å². The highest BCUT2D eigenvalue weighted by atomic mass is 16.6. The molecule has 1 heterocycles. The van der Waals surface area contributed by atoms with E-state index in [1.54, 1.807) is 4.90 Å². The predicted molar refractivity (Wildman–Crippen MR) is 132 cm³/mol. The Kier molecular flexibility index (Phi) is 8.71. The molecule has 2 N–H and O–H groups in total. The minimum atomic E-state index is -1.37. The Morgan fingerprint density at radius 1 is 1.08 bits per heavy atom. The highest BCUT2D eigenvalue weighted by Crippen LogP contribution is 2.35. The average molecular weight is 507 g/mol. The monoisotopic (exact) mass is 506 g/mol. The van der Waals surface area contributed by atoms with Gasteiger partial charge in [0.05, 0.1) is 12.7 Å². The molecule has 10 heteroatoms. The third-order valence-corrected chi connectivity index (χ3v) is 6.79. The highest BCUT2D eigenvalue weighted by Gasteiger charge is 2.37. The summed E-state index contributed by atoms with van der Waals surface area (Å²) in [4.78, 5) is 39.7. The number of hydrogen-bond acceptors (Lipinski definition) is 7. The number of benzene rings is 1. The van der Waals surface area contributed by atoms with Crippen LogP contribution in [0.2, 0.25) is 0 Å². The summed E-state index contributed by atoms with van der Waals surface area (Å²) in [5, 5.41) is 18.8. The molecule has 1 aliphatic carbocycles. The first-order chi connectivity index (χ1) is 16.9. The van der Waals surface area contributed by atoms with Crippen LogP contribution in [-0.2, 0) is 4.74 Å². The number of ether oxygens (including phenoxy) is 3. The molecule has 3 rings (SSSR count). The molecule has 0 bridgehead atoms. The highest BCUT2D eigenvalue weighted by molar-refractivity contribution is 6.04. The zero-order valence-corrected chi connectivity index (χ0v) is 21.8. The maximum absolute atomic E-state index is 12.3. The number of likely N-dealkylation sites (tertiary alicyclic amines) is 1. The zero-order valence-electron chi connectivity index (χ0n) is 21.8. The Balaban J connectivity index is 1.52. The van der Waals surface area contributed by atoms with E-state index in [0.29, 0.717) is 25.0 Å². The van der Waals surface area contributed by atoms with Crippen molar-refractivity contribution >= 4 is 18.0 Å². The maximum atomic E-state index is 12.3. The average Bonchev–Trinajstić information content (AvgIpc) is 2.78. The molecule has 0 spiro atoms. The first-order valence-electron chi connectivity index (χ1n) is 12.5. The summed E-state index contributed by atoms with van der Waals surface area (Å²) in [5.74, 6) is -1.96. The molecule has 2 aliphatic rings. The minimum Gasteiger partial charge on any atom is -0.496 e. The van der Waals surface area contributed by atoms with E-state index >= 15 is 0 Å². The van der Waals surface area contributed by atoms with E-state index < -0.39 is 23.1 Å². The lowest BCUT2D eigenvalue weighted by Gasteiger charge is -2.44. The summed E-state index contributed by atoms with van der Waals surface area (Å²) in [5.41, 5.74) is -1.24. The molecule has 0 radical (unpaired) electrons. The molecule has 2 fully saturated rings. The van der Waals surface area contributed by atoms with E-state index in [4.69, 9.17) is 14.2 Å². The fourth-order valence-electron chi connectivity index (χ4n) is 4.83. The molecule has 0 atom stereocenters. The standard InChI is InChI=1S/C26H38N2O8/c1-6-27(15-16-7-9-28(10-8-16)25(33)36-26(2,3)4)17-11-18(12-17)35-19-13-20(23(29)30)22(24(31)32)21(14-19)34-5/h13-14,16-18H,6-12,15H2,1-5H3,(H,29,30)(H,31,32)/t17-,18-. The van der Waals surface area contributed by atoms with Crippen molar-refractivity contribution < 1.29 is 38.8 Å². The van der Waals surface area contributed by atoms with Gasteiger partial charge in [0.25, 0.3) is 0 Å². The van der Waals surface area contributed by atoms with Gasteiger partial charge in [-0.1, -0.05) is 6.92 Å². The summed E-state index contributed by atoms with van der Waals surface area (Å²) < 4.78 is 16.6. The minimum absolute atomic E-state index is 0.0406. The number of hydrogen-bond donors (Lipinski definition) is 2. The van der Waals surface area contributed by atoms with Crippen LogP contribution in [0.15, 0.2) is 12.1 Å². The van der Waals surface area contributed by atoms with Crippen LogP contribution < -0.4 is 9.47 Å². The molecule has 1 aromatic rings. The Morgan fingerprint density at radius 3 is 2.22 bits per heavy atom. The van der Waals surface area contributed by atoms with E-state index in [0.717, 1.165) is 38.8 Å². The second kappa shape index (κ2) is 11.4. The molecule has 36 heavy (non-hydrogen) atoms. The number of carboxylic acid groups (broad SMARTS) is 2. The molecule has 1 aromatic carbocycles. The molecule has 0 aromatic heterocycles. The van der Waals surface area contributed by atoms with Gasteiger partial charge in [0.2, 0.25) is 0 Å². The molecular weight excluding hydrogens is 468 g/mol. The molecule has 1 saturated heterocycles. The van der Waals surface area contributed by atoms with Gasteiger partial charge in [-0.25, -0.2) is 14.4 Å². The van der Waals surface area contributed by atoms with Gasteiger partial charge in [0.15, 0.2) is 0 Å². The number of piperidine rings is 1. The van der Waals surface area contributed by atoms with E-state index in [2.05, 4.69) is 11.8 Å². The lowest BCUT2D eigenvalue weighted by Crippen LogP contribution is -2.51. The van der Waals surface area contributed by atoms with Gasteiger partial charge in [0.1, 0.15) is 28.8 Å². The van der Waals surface area contributed by atoms with Crippen molar-refractivity contribution in [3.63, 3.8) is 0 Å². The number of methoxy groups -OCH3 is 1. The van der Waals surface area contributed by atoms with Crippen LogP contribution in [0.3, 0.4) is 0 Å². The topological polar surface area (TPSA) is 126 Å². The summed E-state index contributed by atoms with van der Waals surface area (Å²) >= 11 is 0. The summed E-state index contributed by atoms with van der Waals surface area (Å²) in [7, 11) is 1.30. The lowest BCUT2D eigenvalue weighted by atomic mass is 9.86. The van der Waals surface area contributed by atoms with Crippen molar-refractivity contribution in [2.75, 3.05) is 33.3 Å². The van der Waals surface area contributed by atoms with Crippen molar-refractivity contribution in [1.82, 2.24) is 9.80 Å².